The van der Waals surface area contributed by atoms with Gasteiger partial charge >= 0.3 is 6.18 Å². The zero-order valence-corrected chi connectivity index (χ0v) is 15.9. The van der Waals surface area contributed by atoms with Crippen LogP contribution < -0.4 is 4.74 Å². The van der Waals surface area contributed by atoms with Crippen LogP contribution >= 0.6 is 23.2 Å². The van der Waals surface area contributed by atoms with Gasteiger partial charge in [-0.05, 0) is 36.8 Å². The molecular weight excluding hydrogens is 424 g/mol. The van der Waals surface area contributed by atoms with E-state index >= 15 is 0 Å². The van der Waals surface area contributed by atoms with Gasteiger partial charge in [-0.15, -0.1) is 0 Å². The van der Waals surface area contributed by atoms with Crippen LogP contribution in [0, 0.1) is 17.0 Å². The molecule has 28 heavy (non-hydrogen) atoms. The summed E-state index contributed by atoms with van der Waals surface area (Å²) in [5.74, 6) is -0.128. The zero-order chi connectivity index (χ0) is 21.2. The first-order chi connectivity index (χ1) is 13.0. The predicted octanol–water partition coefficient (Wildman–Crippen LogP) is 5.96. The molecule has 2 aromatic carbocycles. The van der Waals surface area contributed by atoms with E-state index in [0.29, 0.717) is 17.7 Å². The maximum Gasteiger partial charge on any atom is 0.416 e. The molecule has 0 aliphatic carbocycles. The third-order valence-corrected chi connectivity index (χ3v) is 4.41. The fourth-order valence-electron chi connectivity index (χ4n) is 2.34. The molecule has 11 heteroatoms. The summed E-state index contributed by atoms with van der Waals surface area (Å²) >= 11 is 11.8. The number of hydrogen-bond acceptors (Lipinski definition) is 5. The minimum absolute atomic E-state index is 0.0841. The highest BCUT2D eigenvalue weighted by Gasteiger charge is 2.32. The number of aryl methyl sites for hydroxylation is 1. The number of alkyl halides is 3. The summed E-state index contributed by atoms with van der Waals surface area (Å²) in [6.07, 6.45) is -4.63. The van der Waals surface area contributed by atoms with Gasteiger partial charge in [0.15, 0.2) is 11.5 Å². The molecule has 0 bridgehead atoms. The molecule has 0 aliphatic rings. The van der Waals surface area contributed by atoms with Crippen LogP contribution in [0.15, 0.2) is 35.5 Å². The topological polar surface area (TPSA) is 85.0 Å². The number of nitro groups is 1. The second-order valence-corrected chi connectivity index (χ2v) is 6.61. The molecule has 1 atom stereocenters. The molecular formula is C17H13Cl2F3N2O4. The van der Waals surface area contributed by atoms with Gasteiger partial charge in [-0.3, -0.25) is 10.1 Å². The molecule has 0 radical (unpaired) electrons. The van der Waals surface area contributed by atoms with Gasteiger partial charge in [0.2, 0.25) is 0 Å². The quantitative estimate of drug-likeness (QED) is 0.271. The van der Waals surface area contributed by atoms with Gasteiger partial charge in [-0.1, -0.05) is 34.4 Å². The van der Waals surface area contributed by atoms with E-state index in [1.54, 1.807) is 6.92 Å². The smallest absolute Gasteiger partial charge is 0.416 e. The first-order valence-electron chi connectivity index (χ1n) is 7.66. The zero-order valence-electron chi connectivity index (χ0n) is 14.4. The van der Waals surface area contributed by atoms with Crippen molar-refractivity contribution < 1.29 is 28.0 Å². The Morgan fingerprint density at radius 3 is 2.29 bits per heavy atom. The van der Waals surface area contributed by atoms with Crippen molar-refractivity contribution in [3.8, 4) is 11.5 Å². The van der Waals surface area contributed by atoms with Gasteiger partial charge < -0.3 is 9.94 Å². The molecule has 2 rings (SSSR count). The standard InChI is InChI=1S/C17H13Cl2F3N2O4/c1-8-3-4-11(7-12(8)15(23-25)9(2)24(26)27)28-16-13(18)5-10(6-14(16)19)17(20,21)22/h3-7,9,25H,1-2H3. The van der Waals surface area contributed by atoms with Crippen LogP contribution in [0.1, 0.15) is 23.6 Å². The Bertz CT molecular complexity index is 925. The first-order valence-corrected chi connectivity index (χ1v) is 8.41. The van der Waals surface area contributed by atoms with Crippen molar-refractivity contribution in [3.63, 3.8) is 0 Å². The van der Waals surface area contributed by atoms with Gasteiger partial charge in [0.25, 0.3) is 6.04 Å². The number of hydrogen-bond donors (Lipinski definition) is 1. The number of ether oxygens (including phenoxy) is 1. The van der Waals surface area contributed by atoms with Crippen LogP contribution in [0.2, 0.25) is 10.0 Å². The normalized spacial score (nSPS) is 13.3. The molecule has 0 saturated carbocycles. The largest absolute Gasteiger partial charge is 0.454 e. The Balaban J connectivity index is 2.45. The van der Waals surface area contributed by atoms with E-state index < -0.39 is 22.7 Å². The minimum Gasteiger partial charge on any atom is -0.454 e. The molecule has 1 N–H and O–H groups in total. The van der Waals surface area contributed by atoms with E-state index in [2.05, 4.69) is 5.16 Å². The van der Waals surface area contributed by atoms with Crippen LogP contribution in [0.3, 0.4) is 0 Å². The highest BCUT2D eigenvalue weighted by molar-refractivity contribution is 6.37. The van der Waals surface area contributed by atoms with Crippen molar-refractivity contribution in [2.24, 2.45) is 5.16 Å². The highest BCUT2D eigenvalue weighted by Crippen LogP contribution is 2.41. The van der Waals surface area contributed by atoms with E-state index in [-0.39, 0.29) is 32.8 Å². The van der Waals surface area contributed by atoms with E-state index in [0.717, 1.165) is 0 Å². The molecule has 0 spiro atoms. The SMILES string of the molecule is Cc1ccc(Oc2c(Cl)cc(C(F)(F)F)cc2Cl)cc1C(=NO)C(C)[N+](=O)[O-]. The molecule has 0 aromatic heterocycles. The molecule has 150 valence electrons. The second kappa shape index (κ2) is 8.24. The summed E-state index contributed by atoms with van der Waals surface area (Å²) in [5, 5.41) is 22.5. The third kappa shape index (κ3) is 4.66. The lowest BCUT2D eigenvalue weighted by atomic mass is 9.99. The third-order valence-electron chi connectivity index (χ3n) is 3.85. The van der Waals surface area contributed by atoms with Crippen LogP contribution in [-0.2, 0) is 6.18 Å². The maximum atomic E-state index is 12.8. The van der Waals surface area contributed by atoms with Crippen molar-refractivity contribution in [2.75, 3.05) is 0 Å². The number of oxime groups is 1. The van der Waals surface area contributed by atoms with E-state index in [1.165, 1.54) is 25.1 Å². The first kappa shape index (κ1) is 21.8. The molecule has 0 fully saturated rings. The van der Waals surface area contributed by atoms with Crippen molar-refractivity contribution >= 4 is 28.9 Å². The molecule has 1 unspecified atom stereocenters. The second-order valence-electron chi connectivity index (χ2n) is 5.79. The Morgan fingerprint density at radius 2 is 1.82 bits per heavy atom. The Kier molecular flexibility index (Phi) is 6.41. The summed E-state index contributed by atoms with van der Waals surface area (Å²) in [7, 11) is 0. The van der Waals surface area contributed by atoms with Crippen LogP contribution in [0.5, 0.6) is 11.5 Å². The van der Waals surface area contributed by atoms with Gasteiger partial charge in [0, 0.05) is 17.4 Å². The van der Waals surface area contributed by atoms with E-state index in [1.807, 2.05) is 0 Å². The number of nitrogens with zero attached hydrogens (tertiary/aromatic N) is 2. The summed E-state index contributed by atoms with van der Waals surface area (Å²) in [4.78, 5) is 10.4. The Labute approximate surface area is 167 Å². The summed E-state index contributed by atoms with van der Waals surface area (Å²) in [6, 6.07) is 4.38. The van der Waals surface area contributed by atoms with Crippen molar-refractivity contribution in [1.29, 1.82) is 0 Å². The number of rotatable bonds is 5. The lowest BCUT2D eigenvalue weighted by Crippen LogP contribution is -2.27. The molecule has 0 amide bonds. The van der Waals surface area contributed by atoms with Crippen LogP contribution in [0.25, 0.3) is 0 Å². The van der Waals surface area contributed by atoms with Gasteiger partial charge in [0.1, 0.15) is 5.75 Å². The van der Waals surface area contributed by atoms with Crippen molar-refractivity contribution in [3.05, 3.63) is 67.2 Å². The fourth-order valence-corrected chi connectivity index (χ4v) is 2.91. The van der Waals surface area contributed by atoms with E-state index in [4.69, 9.17) is 27.9 Å². The monoisotopic (exact) mass is 436 g/mol. The lowest BCUT2D eigenvalue weighted by molar-refractivity contribution is -0.498. The van der Waals surface area contributed by atoms with Crippen molar-refractivity contribution in [1.82, 2.24) is 0 Å². The van der Waals surface area contributed by atoms with E-state index in [9.17, 15) is 28.5 Å². The average molecular weight is 437 g/mol. The number of halogens is 5. The fraction of sp³-hybridized carbons (Fsp3) is 0.235. The van der Waals surface area contributed by atoms with Gasteiger partial charge in [0.05, 0.1) is 15.6 Å². The molecule has 0 saturated heterocycles. The summed E-state index contributed by atoms with van der Waals surface area (Å²) < 4.78 is 44.0. The number of benzene rings is 2. The van der Waals surface area contributed by atoms with Crippen LogP contribution in [0.4, 0.5) is 13.2 Å². The average Bonchev–Trinajstić information content (AvgIpc) is 2.59. The molecule has 6 nitrogen and oxygen atoms in total. The van der Waals surface area contributed by atoms with Crippen molar-refractivity contribution in [2.45, 2.75) is 26.1 Å². The summed E-state index contributed by atoms with van der Waals surface area (Å²) in [5.41, 5.74) is -0.465. The van der Waals surface area contributed by atoms with Crippen LogP contribution in [-0.4, -0.2) is 21.9 Å². The Morgan fingerprint density at radius 1 is 1.25 bits per heavy atom. The Hall–Kier alpha value is -2.52. The highest BCUT2D eigenvalue weighted by atomic mass is 35.5. The van der Waals surface area contributed by atoms with Gasteiger partial charge in [-0.25, -0.2) is 0 Å². The predicted molar refractivity (Wildman–Crippen MR) is 97.5 cm³/mol. The maximum absolute atomic E-state index is 12.8. The van der Waals surface area contributed by atoms with Gasteiger partial charge in [-0.2, -0.15) is 13.2 Å². The lowest BCUT2D eigenvalue weighted by Gasteiger charge is -2.15. The summed E-state index contributed by atoms with van der Waals surface area (Å²) in [6.45, 7) is 2.88. The molecule has 0 aliphatic heterocycles. The molecule has 2 aromatic rings. The minimum atomic E-state index is -4.63. The molecule has 0 heterocycles.